The number of aliphatic carboxylic acids is 1. The topological polar surface area (TPSA) is 104 Å². The number of rotatable bonds is 13. The largest absolute Gasteiger partial charge is 0.479 e. The van der Waals surface area contributed by atoms with Gasteiger partial charge in [-0.15, -0.1) is 5.10 Å². The van der Waals surface area contributed by atoms with E-state index in [9.17, 15) is 14.5 Å². The first kappa shape index (κ1) is 30.5. The highest BCUT2D eigenvalue weighted by Gasteiger charge is 2.55. The van der Waals surface area contributed by atoms with Gasteiger partial charge in [0.2, 0.25) is 0 Å². The number of nitrogens with zero attached hydrogens (tertiary/aromatic N) is 3. The molecular weight excluding hydrogens is 551 g/mol. The maximum Gasteiger partial charge on any atom is 0.404 e. The predicted octanol–water partition coefficient (Wildman–Crippen LogP) is 7.09. The summed E-state index contributed by atoms with van der Waals surface area (Å²) in [6.07, 6.45) is -0.128. The zero-order valence-electron chi connectivity index (χ0n) is 23.4. The number of aromatic nitrogens is 3. The highest BCUT2D eigenvalue weighted by Crippen LogP contribution is 2.67. The molecule has 1 atom stereocenters. The highest BCUT2D eigenvalue weighted by atomic mass is 31.2. The van der Waals surface area contributed by atoms with Crippen molar-refractivity contribution in [2.24, 2.45) is 11.8 Å². The van der Waals surface area contributed by atoms with Crippen LogP contribution in [0.25, 0.3) is 11.0 Å². The maximum absolute atomic E-state index is 15.7. The van der Waals surface area contributed by atoms with Crippen LogP contribution < -0.4 is 0 Å². The summed E-state index contributed by atoms with van der Waals surface area (Å²) >= 11 is 0. The minimum Gasteiger partial charge on any atom is -0.479 e. The van der Waals surface area contributed by atoms with E-state index in [0.717, 1.165) is 12.1 Å². The van der Waals surface area contributed by atoms with E-state index in [1.165, 1.54) is 16.8 Å². The number of fused-ring (bicyclic) bond motifs is 1. The molecule has 4 rings (SSSR count). The minimum atomic E-state index is -4.89. The van der Waals surface area contributed by atoms with Crippen LogP contribution in [0.15, 0.2) is 78.9 Å². The zero-order valence-corrected chi connectivity index (χ0v) is 24.3. The van der Waals surface area contributed by atoms with Gasteiger partial charge in [0.1, 0.15) is 5.52 Å². The second-order valence-electron chi connectivity index (χ2n) is 10.8. The minimum absolute atomic E-state index is 0.128. The van der Waals surface area contributed by atoms with Crippen LogP contribution in [0.2, 0.25) is 0 Å². The molecule has 0 spiro atoms. The first-order valence-corrected chi connectivity index (χ1v) is 14.9. The number of carboxylic acid groups (broad SMARTS) is 1. The van der Waals surface area contributed by atoms with Crippen molar-refractivity contribution in [1.82, 2.24) is 15.0 Å². The molecule has 1 aromatic heterocycles. The number of hydrogen-bond donors (Lipinski definition) is 1. The number of hydrogen-bond acceptors (Lipinski definition) is 6. The summed E-state index contributed by atoms with van der Waals surface area (Å²) in [6.45, 7) is 6.73. The normalized spacial score (nSPS) is 14.0. The average molecular weight is 586 g/mol. The van der Waals surface area contributed by atoms with Crippen molar-refractivity contribution in [1.29, 1.82) is 0 Å². The lowest BCUT2D eigenvalue weighted by Gasteiger charge is -2.31. The van der Waals surface area contributed by atoms with Crippen LogP contribution in [-0.2, 0) is 36.0 Å². The molecule has 11 heteroatoms. The molecule has 1 heterocycles. The Hall–Kier alpha value is -3.46. The van der Waals surface area contributed by atoms with Gasteiger partial charge in [0.05, 0.1) is 18.7 Å². The Bertz CT molecular complexity index is 1510. The number of alkyl halides is 2. The number of carboxylic acids is 1. The van der Waals surface area contributed by atoms with Gasteiger partial charge in [0.25, 0.3) is 0 Å². The molecule has 4 aromatic rings. The van der Waals surface area contributed by atoms with E-state index in [-0.39, 0.29) is 31.5 Å². The molecule has 0 aliphatic heterocycles. The van der Waals surface area contributed by atoms with E-state index in [1.807, 2.05) is 0 Å². The van der Waals surface area contributed by atoms with Gasteiger partial charge >= 0.3 is 19.2 Å². The van der Waals surface area contributed by atoms with Crippen LogP contribution in [0.4, 0.5) is 8.78 Å². The Kier molecular flexibility index (Phi) is 9.07. The Morgan fingerprint density at radius 3 is 2.00 bits per heavy atom. The summed E-state index contributed by atoms with van der Waals surface area (Å²) in [7, 11) is -4.89. The molecule has 0 amide bonds. The fourth-order valence-electron chi connectivity index (χ4n) is 4.42. The van der Waals surface area contributed by atoms with Gasteiger partial charge in [-0.25, -0.2) is 9.48 Å². The van der Waals surface area contributed by atoms with Crippen molar-refractivity contribution in [2.75, 3.05) is 13.2 Å². The highest BCUT2D eigenvalue weighted by molar-refractivity contribution is 7.54. The fraction of sp³-hybridized carbons (Fsp3) is 0.367. The summed E-state index contributed by atoms with van der Waals surface area (Å²) in [5.41, 5.74) is -4.32. The van der Waals surface area contributed by atoms with Crippen LogP contribution >= 0.6 is 7.60 Å². The molecule has 0 saturated heterocycles. The van der Waals surface area contributed by atoms with Crippen molar-refractivity contribution >= 4 is 24.6 Å². The van der Waals surface area contributed by atoms with Crippen molar-refractivity contribution < 1.29 is 32.3 Å². The molecule has 0 fully saturated rings. The molecule has 8 nitrogen and oxygen atoms in total. The third kappa shape index (κ3) is 6.10. The van der Waals surface area contributed by atoms with E-state index in [1.54, 1.807) is 82.3 Å². The van der Waals surface area contributed by atoms with Crippen LogP contribution in [0.5, 0.6) is 0 Å². The van der Waals surface area contributed by atoms with Crippen molar-refractivity contribution in [3.05, 3.63) is 95.6 Å². The van der Waals surface area contributed by atoms with Gasteiger partial charge in [0.15, 0.2) is 5.54 Å². The third-order valence-electron chi connectivity index (χ3n) is 6.58. The first-order valence-electron chi connectivity index (χ1n) is 13.4. The molecule has 0 saturated carbocycles. The van der Waals surface area contributed by atoms with E-state index in [4.69, 9.17) is 9.05 Å². The Morgan fingerprint density at radius 1 is 0.878 bits per heavy atom. The lowest BCUT2D eigenvalue weighted by molar-refractivity contribution is -0.145. The summed E-state index contributed by atoms with van der Waals surface area (Å²) in [5.74, 6) is -1.47. The molecule has 1 N–H and O–H groups in total. The zero-order chi connectivity index (χ0) is 29.8. The quantitative estimate of drug-likeness (QED) is 0.167. The van der Waals surface area contributed by atoms with E-state index in [0.29, 0.717) is 22.2 Å². The van der Waals surface area contributed by atoms with Crippen molar-refractivity contribution in [2.45, 2.75) is 45.3 Å². The molecular formula is C30H34F2N3O5P. The standard InChI is InChI=1S/C30H34F2N3O5P/c1-21(2)19-39-41(38,40-20-22(3)4)30(31,32)25-16-14-23(15-17-25)18-29(28(36)37,24-10-6-5-7-11-24)35-27-13-9-8-12-26(27)33-34-35/h5-17,21-22H,18-20H2,1-4H3,(H,36,37). The average Bonchev–Trinajstić information content (AvgIpc) is 3.38. The predicted molar refractivity (Wildman–Crippen MR) is 152 cm³/mol. The first-order chi connectivity index (χ1) is 19.4. The van der Waals surface area contributed by atoms with Crippen LogP contribution in [0.1, 0.15) is 44.4 Å². The monoisotopic (exact) mass is 585 g/mol. The van der Waals surface area contributed by atoms with Gasteiger partial charge in [-0.3, -0.25) is 4.57 Å². The maximum atomic E-state index is 15.7. The summed E-state index contributed by atoms with van der Waals surface area (Å²) in [6, 6.07) is 20.7. The van der Waals surface area contributed by atoms with Gasteiger partial charge in [0, 0.05) is 12.0 Å². The van der Waals surface area contributed by atoms with Crippen LogP contribution in [-0.4, -0.2) is 39.3 Å². The SMILES string of the molecule is CC(C)COP(=O)(OCC(C)C)C(F)(F)c1ccc(CC(C(=O)O)(c2ccccc2)n2nnc3ccccc32)cc1. The van der Waals surface area contributed by atoms with Gasteiger partial charge in [-0.2, -0.15) is 8.78 Å². The van der Waals surface area contributed by atoms with E-state index < -0.39 is 30.3 Å². The Morgan fingerprint density at radius 2 is 1.44 bits per heavy atom. The molecule has 1 unspecified atom stereocenters. The summed E-state index contributed by atoms with van der Waals surface area (Å²) in [4.78, 5) is 13.1. The smallest absolute Gasteiger partial charge is 0.404 e. The number of halogens is 2. The molecule has 0 radical (unpaired) electrons. The second kappa shape index (κ2) is 12.2. The second-order valence-corrected chi connectivity index (χ2v) is 12.9. The summed E-state index contributed by atoms with van der Waals surface area (Å²) in [5, 5.41) is 19.1. The van der Waals surface area contributed by atoms with Crippen LogP contribution in [0.3, 0.4) is 0 Å². The fourth-order valence-corrected chi connectivity index (χ4v) is 6.28. The number of benzene rings is 3. The molecule has 3 aromatic carbocycles. The number of para-hydroxylation sites is 1. The lowest BCUT2D eigenvalue weighted by atomic mass is 9.83. The summed E-state index contributed by atoms with van der Waals surface area (Å²) < 4.78 is 56.7. The molecule has 41 heavy (non-hydrogen) atoms. The number of carbonyl (C=O) groups is 1. The molecule has 0 bridgehead atoms. The van der Waals surface area contributed by atoms with Gasteiger partial charge in [-0.05, 0) is 35.1 Å². The van der Waals surface area contributed by atoms with E-state index >= 15 is 8.78 Å². The molecule has 0 aliphatic carbocycles. The Labute approximate surface area is 237 Å². The van der Waals surface area contributed by atoms with Gasteiger partial charge < -0.3 is 14.2 Å². The molecule has 0 aliphatic rings. The lowest BCUT2D eigenvalue weighted by Crippen LogP contribution is -2.46. The van der Waals surface area contributed by atoms with Gasteiger partial charge in [-0.1, -0.05) is 99.6 Å². The van der Waals surface area contributed by atoms with E-state index in [2.05, 4.69) is 10.3 Å². The molecule has 218 valence electrons. The van der Waals surface area contributed by atoms with Crippen molar-refractivity contribution in [3.63, 3.8) is 0 Å². The Balaban J connectivity index is 1.75. The third-order valence-corrected chi connectivity index (χ3v) is 8.50. The van der Waals surface area contributed by atoms with Crippen molar-refractivity contribution in [3.8, 4) is 0 Å². The van der Waals surface area contributed by atoms with Crippen LogP contribution in [0, 0.1) is 11.8 Å².